The topological polar surface area (TPSA) is 57.8 Å². The van der Waals surface area contributed by atoms with E-state index in [1.165, 1.54) is 0 Å². The molecule has 0 bridgehead atoms. The van der Waals surface area contributed by atoms with Crippen molar-refractivity contribution in [3.8, 4) is 0 Å². The zero-order valence-electron chi connectivity index (χ0n) is 10.6. The number of alkyl halides is 1. The van der Waals surface area contributed by atoms with Crippen LogP contribution in [0.5, 0.6) is 0 Å². The Morgan fingerprint density at radius 1 is 1.20 bits per heavy atom. The fourth-order valence-electron chi connectivity index (χ4n) is 2.01. The number of fused-ring (bicyclic) bond motifs is 1. The molecule has 0 atom stereocenters. The lowest BCUT2D eigenvalue weighted by atomic mass is 10.1. The average molecular weight is 330 g/mol. The summed E-state index contributed by atoms with van der Waals surface area (Å²) >= 11 is 3.38. The Morgan fingerprint density at radius 2 is 2.00 bits per heavy atom. The van der Waals surface area contributed by atoms with Crippen LogP contribution in [0.4, 0.5) is 5.69 Å². The van der Waals surface area contributed by atoms with E-state index in [2.05, 4.69) is 31.4 Å². The first-order valence-electron chi connectivity index (χ1n) is 6.16. The number of nitrogens with one attached hydrogen (secondary N) is 2. The van der Waals surface area contributed by atoms with E-state index in [0.29, 0.717) is 5.56 Å². The van der Waals surface area contributed by atoms with Gasteiger partial charge in [-0.2, -0.15) is 5.10 Å². The highest BCUT2D eigenvalue weighted by Crippen LogP contribution is 2.21. The number of aromatic amines is 1. The lowest BCUT2D eigenvalue weighted by molar-refractivity contribution is 0.102. The Morgan fingerprint density at radius 3 is 2.75 bits per heavy atom. The number of rotatable bonds is 3. The average Bonchev–Trinajstić information content (AvgIpc) is 2.97. The van der Waals surface area contributed by atoms with Crippen LogP contribution in [0.1, 0.15) is 15.9 Å². The molecule has 3 aromatic rings. The number of hydrogen-bond acceptors (Lipinski definition) is 2. The van der Waals surface area contributed by atoms with E-state index in [0.717, 1.165) is 27.5 Å². The molecule has 0 unspecified atom stereocenters. The molecule has 1 amide bonds. The molecule has 1 aromatic heterocycles. The molecule has 0 aliphatic heterocycles. The lowest BCUT2D eigenvalue weighted by Gasteiger charge is -2.06. The number of halogens is 1. The van der Waals surface area contributed by atoms with Gasteiger partial charge in [-0.15, -0.1) is 0 Å². The molecule has 100 valence electrons. The second kappa shape index (κ2) is 5.46. The van der Waals surface area contributed by atoms with Gasteiger partial charge in [0.15, 0.2) is 0 Å². The third-order valence-corrected chi connectivity index (χ3v) is 3.74. The first-order valence-corrected chi connectivity index (χ1v) is 7.28. The van der Waals surface area contributed by atoms with Crippen molar-refractivity contribution in [2.75, 3.05) is 5.32 Å². The van der Waals surface area contributed by atoms with Gasteiger partial charge in [0.1, 0.15) is 0 Å². The van der Waals surface area contributed by atoms with Crippen molar-refractivity contribution in [3.05, 3.63) is 59.8 Å². The SMILES string of the molecule is O=C(Nc1cccc2cn[nH]c12)c1ccc(CBr)cc1. The molecule has 5 heteroatoms. The summed E-state index contributed by atoms with van der Waals surface area (Å²) in [6, 6.07) is 13.2. The predicted octanol–water partition coefficient (Wildman–Crippen LogP) is 3.71. The van der Waals surface area contributed by atoms with Crippen LogP contribution in [-0.2, 0) is 5.33 Å². The van der Waals surface area contributed by atoms with E-state index in [-0.39, 0.29) is 5.91 Å². The molecule has 0 fully saturated rings. The first-order chi connectivity index (χ1) is 9.78. The van der Waals surface area contributed by atoms with E-state index in [1.807, 2.05) is 42.5 Å². The van der Waals surface area contributed by atoms with Gasteiger partial charge in [-0.25, -0.2) is 0 Å². The number of anilines is 1. The molecule has 4 nitrogen and oxygen atoms in total. The second-order valence-electron chi connectivity index (χ2n) is 4.42. The number of carbonyl (C=O) groups is 1. The molecule has 2 aromatic carbocycles. The molecule has 0 spiro atoms. The Labute approximate surface area is 124 Å². The Kier molecular flexibility index (Phi) is 3.52. The summed E-state index contributed by atoms with van der Waals surface area (Å²) in [5.41, 5.74) is 3.33. The van der Waals surface area contributed by atoms with E-state index in [1.54, 1.807) is 6.20 Å². The van der Waals surface area contributed by atoms with E-state index < -0.39 is 0 Å². The highest BCUT2D eigenvalue weighted by molar-refractivity contribution is 9.08. The van der Waals surface area contributed by atoms with Gasteiger partial charge in [0, 0.05) is 16.3 Å². The Balaban J connectivity index is 1.86. The third kappa shape index (κ3) is 2.44. The maximum atomic E-state index is 12.2. The van der Waals surface area contributed by atoms with Crippen molar-refractivity contribution in [1.29, 1.82) is 0 Å². The summed E-state index contributed by atoms with van der Waals surface area (Å²) in [7, 11) is 0. The van der Waals surface area contributed by atoms with Gasteiger partial charge in [0.2, 0.25) is 0 Å². The van der Waals surface area contributed by atoms with Gasteiger partial charge in [0.05, 0.1) is 17.4 Å². The predicted molar refractivity (Wildman–Crippen MR) is 83.1 cm³/mol. The van der Waals surface area contributed by atoms with Crippen LogP contribution in [0, 0.1) is 0 Å². The molecule has 20 heavy (non-hydrogen) atoms. The molecular formula is C15H12BrN3O. The van der Waals surface area contributed by atoms with E-state index in [9.17, 15) is 4.79 Å². The fourth-order valence-corrected chi connectivity index (χ4v) is 2.39. The second-order valence-corrected chi connectivity index (χ2v) is 4.99. The van der Waals surface area contributed by atoms with Gasteiger partial charge in [-0.1, -0.05) is 40.2 Å². The van der Waals surface area contributed by atoms with Crippen molar-refractivity contribution >= 4 is 38.4 Å². The Bertz CT molecular complexity index is 749. The van der Waals surface area contributed by atoms with Crippen molar-refractivity contribution in [3.63, 3.8) is 0 Å². The highest BCUT2D eigenvalue weighted by atomic mass is 79.9. The molecular weight excluding hydrogens is 318 g/mol. The number of carbonyl (C=O) groups excluding carboxylic acids is 1. The normalized spacial score (nSPS) is 10.7. The maximum absolute atomic E-state index is 12.2. The van der Waals surface area contributed by atoms with Crippen LogP contribution in [0.15, 0.2) is 48.7 Å². The molecule has 0 aliphatic carbocycles. The Hall–Kier alpha value is -2.14. The summed E-state index contributed by atoms with van der Waals surface area (Å²) in [4.78, 5) is 12.2. The van der Waals surface area contributed by atoms with Gasteiger partial charge in [0.25, 0.3) is 5.91 Å². The number of aromatic nitrogens is 2. The number of nitrogens with zero attached hydrogens (tertiary/aromatic N) is 1. The summed E-state index contributed by atoms with van der Waals surface area (Å²) in [5, 5.41) is 11.5. The number of para-hydroxylation sites is 1. The number of hydrogen-bond donors (Lipinski definition) is 2. The van der Waals surface area contributed by atoms with E-state index >= 15 is 0 Å². The molecule has 0 aliphatic rings. The van der Waals surface area contributed by atoms with Crippen LogP contribution in [0.2, 0.25) is 0 Å². The van der Waals surface area contributed by atoms with Gasteiger partial charge in [-0.3, -0.25) is 9.89 Å². The van der Waals surface area contributed by atoms with Crippen LogP contribution in [-0.4, -0.2) is 16.1 Å². The minimum atomic E-state index is -0.131. The van der Waals surface area contributed by atoms with E-state index in [4.69, 9.17) is 0 Å². The summed E-state index contributed by atoms with van der Waals surface area (Å²) in [6.45, 7) is 0. The van der Waals surface area contributed by atoms with Crippen LogP contribution >= 0.6 is 15.9 Å². The molecule has 1 heterocycles. The molecule has 3 rings (SSSR count). The molecule has 2 N–H and O–H groups in total. The van der Waals surface area contributed by atoms with Crippen molar-refractivity contribution in [2.45, 2.75) is 5.33 Å². The zero-order chi connectivity index (χ0) is 13.9. The largest absolute Gasteiger partial charge is 0.320 e. The van der Waals surface area contributed by atoms with Crippen LogP contribution in [0.3, 0.4) is 0 Å². The third-order valence-electron chi connectivity index (χ3n) is 3.10. The van der Waals surface area contributed by atoms with Crippen LogP contribution < -0.4 is 5.32 Å². The van der Waals surface area contributed by atoms with Crippen molar-refractivity contribution in [1.82, 2.24) is 10.2 Å². The summed E-state index contributed by atoms with van der Waals surface area (Å²) < 4.78 is 0. The van der Waals surface area contributed by atoms with Gasteiger partial charge < -0.3 is 5.32 Å². The van der Waals surface area contributed by atoms with Crippen molar-refractivity contribution < 1.29 is 4.79 Å². The number of H-pyrrole nitrogens is 1. The highest BCUT2D eigenvalue weighted by Gasteiger charge is 2.09. The maximum Gasteiger partial charge on any atom is 0.255 e. The number of benzene rings is 2. The smallest absolute Gasteiger partial charge is 0.255 e. The summed E-state index contributed by atoms with van der Waals surface area (Å²) in [5.74, 6) is -0.131. The number of amides is 1. The fraction of sp³-hybridized carbons (Fsp3) is 0.0667. The minimum absolute atomic E-state index is 0.131. The van der Waals surface area contributed by atoms with Crippen molar-refractivity contribution in [2.24, 2.45) is 0 Å². The molecule has 0 saturated carbocycles. The quantitative estimate of drug-likeness (QED) is 0.719. The van der Waals surface area contributed by atoms with Crippen LogP contribution in [0.25, 0.3) is 10.9 Å². The standard InChI is InChI=1S/C15H12BrN3O/c16-8-10-4-6-11(7-5-10)15(20)18-13-3-1-2-12-9-17-19-14(12)13/h1-7,9H,8H2,(H,17,19)(H,18,20). The lowest BCUT2D eigenvalue weighted by Crippen LogP contribution is -2.12. The van der Waals surface area contributed by atoms with Gasteiger partial charge >= 0.3 is 0 Å². The zero-order valence-corrected chi connectivity index (χ0v) is 12.1. The first kappa shape index (κ1) is 12.9. The molecule has 0 radical (unpaired) electrons. The minimum Gasteiger partial charge on any atom is -0.320 e. The monoisotopic (exact) mass is 329 g/mol. The van der Waals surface area contributed by atoms with Gasteiger partial charge in [-0.05, 0) is 23.8 Å². The molecule has 0 saturated heterocycles. The summed E-state index contributed by atoms with van der Waals surface area (Å²) in [6.07, 6.45) is 1.73.